The molecule has 1 unspecified atom stereocenters. The molecule has 0 amide bonds. The van der Waals surface area contributed by atoms with Crippen molar-refractivity contribution in [2.45, 2.75) is 52.4 Å². The average Bonchev–Trinajstić information content (AvgIpc) is 3.05. The summed E-state index contributed by atoms with van der Waals surface area (Å²) >= 11 is 0. The van der Waals surface area contributed by atoms with Crippen molar-refractivity contribution in [2.24, 2.45) is 17.8 Å². The maximum Gasteiger partial charge on any atom is 0.334 e. The van der Waals surface area contributed by atoms with Crippen LogP contribution in [0.2, 0.25) is 0 Å². The van der Waals surface area contributed by atoms with Crippen molar-refractivity contribution >= 4 is 5.97 Å². The highest BCUT2D eigenvalue weighted by molar-refractivity contribution is 5.82. The third-order valence-corrected chi connectivity index (χ3v) is 5.02. The van der Waals surface area contributed by atoms with Crippen LogP contribution in [0.4, 0.5) is 0 Å². The summed E-state index contributed by atoms with van der Waals surface area (Å²) in [5.74, 6) is 0.578. The average molecular weight is 346 g/mol. The fraction of sp³-hybridized carbons (Fsp3) is 0.571. The van der Waals surface area contributed by atoms with E-state index in [1.807, 2.05) is 6.07 Å². The van der Waals surface area contributed by atoms with Crippen LogP contribution in [0.25, 0.3) is 0 Å². The Morgan fingerprint density at radius 3 is 2.84 bits per heavy atom. The lowest BCUT2D eigenvalue weighted by molar-refractivity contribution is -0.150. The van der Waals surface area contributed by atoms with E-state index < -0.39 is 12.2 Å². The number of hydrogen-bond donors (Lipinski definition) is 0. The fourth-order valence-corrected chi connectivity index (χ4v) is 3.61. The molecule has 2 fully saturated rings. The fourth-order valence-electron chi connectivity index (χ4n) is 3.61. The first-order valence-corrected chi connectivity index (χ1v) is 9.09. The minimum absolute atomic E-state index is 0.0452. The second kappa shape index (κ2) is 8.05. The normalized spacial score (nSPS) is 35.6. The third kappa shape index (κ3) is 4.63. The molecule has 25 heavy (non-hydrogen) atoms. The number of esters is 1. The first-order valence-electron chi connectivity index (χ1n) is 10.1. The first kappa shape index (κ1) is 15.4. The monoisotopic (exact) mass is 346 g/mol. The summed E-state index contributed by atoms with van der Waals surface area (Å²) in [5, 5.41) is 0. The predicted octanol–water partition coefficient (Wildman–Crippen LogP) is 4.62. The van der Waals surface area contributed by atoms with Crippen molar-refractivity contribution in [3.05, 3.63) is 47.7 Å². The lowest BCUT2D eigenvalue weighted by Gasteiger charge is -2.36. The van der Waals surface area contributed by atoms with E-state index in [1.165, 1.54) is 0 Å². The van der Waals surface area contributed by atoms with Crippen molar-refractivity contribution in [1.29, 1.82) is 0 Å². The molecule has 0 bridgehead atoms. The van der Waals surface area contributed by atoms with E-state index in [0.717, 1.165) is 19.3 Å². The Hall–Kier alpha value is -1.81. The summed E-state index contributed by atoms with van der Waals surface area (Å²) in [6.07, 6.45) is 1.08. The number of carbonyl (C=O) groups is 1. The molecule has 1 saturated carbocycles. The molecule has 0 N–H and O–H groups in total. The van der Waals surface area contributed by atoms with Gasteiger partial charge in [-0.25, -0.2) is 4.79 Å². The predicted molar refractivity (Wildman–Crippen MR) is 95.5 cm³/mol. The van der Waals surface area contributed by atoms with Gasteiger partial charge in [0.05, 0.1) is 7.42 Å². The van der Waals surface area contributed by atoms with Crippen LogP contribution in [0, 0.1) is 17.8 Å². The van der Waals surface area contributed by atoms with Gasteiger partial charge in [0.2, 0.25) is 6.27 Å². The Morgan fingerprint density at radius 2 is 2.12 bits per heavy atom. The van der Waals surface area contributed by atoms with E-state index in [-0.39, 0.29) is 24.5 Å². The van der Waals surface area contributed by atoms with Crippen LogP contribution in [0.15, 0.2) is 42.1 Å². The highest BCUT2D eigenvalue weighted by Crippen LogP contribution is 2.35. The Balaban J connectivity index is 1.71. The van der Waals surface area contributed by atoms with E-state index >= 15 is 0 Å². The molecule has 1 aliphatic heterocycles. The second-order valence-electron chi connectivity index (χ2n) is 7.36. The van der Waals surface area contributed by atoms with Crippen molar-refractivity contribution in [2.75, 3.05) is 6.61 Å². The van der Waals surface area contributed by atoms with Crippen molar-refractivity contribution < 1.29 is 21.7 Å². The third-order valence-electron chi connectivity index (χ3n) is 5.02. The van der Waals surface area contributed by atoms with Crippen LogP contribution < -0.4 is 0 Å². The van der Waals surface area contributed by atoms with Gasteiger partial charge < -0.3 is 14.2 Å². The number of rotatable bonds is 4. The summed E-state index contributed by atoms with van der Waals surface area (Å²) in [7, 11) is 0. The molecule has 4 heteroatoms. The van der Waals surface area contributed by atoms with E-state index in [9.17, 15) is 4.79 Å². The maximum absolute atomic E-state index is 12.6. The molecule has 0 spiro atoms. The zero-order valence-corrected chi connectivity index (χ0v) is 15.2. The van der Waals surface area contributed by atoms with Crippen LogP contribution in [-0.4, -0.2) is 18.7 Å². The van der Waals surface area contributed by atoms with Crippen LogP contribution in [-0.2, 0) is 19.0 Å². The quantitative estimate of drug-likeness (QED) is 0.589. The molecular weight excluding hydrogens is 316 g/mol. The molecule has 1 aliphatic carbocycles. The number of carbonyl (C=O) groups excluding carboxylic acids is 1. The van der Waals surface area contributed by atoms with Gasteiger partial charge in [-0.1, -0.05) is 57.5 Å². The lowest BCUT2D eigenvalue weighted by Crippen LogP contribution is -2.35. The highest BCUT2D eigenvalue weighted by atomic mass is 16.7. The van der Waals surface area contributed by atoms with Gasteiger partial charge in [0, 0.05) is 5.56 Å². The molecule has 0 aromatic heterocycles. The first-order chi connectivity index (χ1) is 12.8. The van der Waals surface area contributed by atoms with E-state index in [0.29, 0.717) is 23.3 Å². The van der Waals surface area contributed by atoms with Gasteiger partial charge in [-0.05, 0) is 30.6 Å². The zero-order chi connectivity index (χ0) is 19.6. The minimum Gasteiger partial charge on any atom is -0.462 e. The van der Waals surface area contributed by atoms with Crippen LogP contribution in [0.1, 0.15) is 54.6 Å². The smallest absolute Gasteiger partial charge is 0.334 e. The van der Waals surface area contributed by atoms with E-state index in [1.54, 1.807) is 24.3 Å². The molecule has 1 aromatic carbocycles. The number of ether oxygens (including phenoxy) is 3. The Kier molecular flexibility index (Phi) is 4.97. The Bertz CT molecular complexity index is 703. The molecular formula is C21H28O4. The van der Waals surface area contributed by atoms with Crippen LogP contribution in [0.3, 0.4) is 0 Å². The van der Waals surface area contributed by atoms with E-state index in [2.05, 4.69) is 20.8 Å². The van der Waals surface area contributed by atoms with Gasteiger partial charge in [-0.2, -0.15) is 0 Å². The molecule has 4 nitrogen and oxygen atoms in total. The second-order valence-corrected chi connectivity index (χ2v) is 7.36. The summed E-state index contributed by atoms with van der Waals surface area (Å²) < 4.78 is 33.2. The number of hydrogen-bond acceptors (Lipinski definition) is 4. The molecule has 1 saturated heterocycles. The van der Waals surface area contributed by atoms with Crippen molar-refractivity contribution in [1.82, 2.24) is 0 Å². The maximum atomic E-state index is 12.6. The summed E-state index contributed by atoms with van der Waals surface area (Å²) in [5.41, 5.74) is 0.516. The molecule has 4 atom stereocenters. The van der Waals surface area contributed by atoms with Gasteiger partial charge in [-0.3, -0.25) is 0 Å². The summed E-state index contributed by atoms with van der Waals surface area (Å²) in [6, 6.07) is 8.48. The topological polar surface area (TPSA) is 44.8 Å². The van der Waals surface area contributed by atoms with Crippen LogP contribution in [0.5, 0.6) is 0 Å². The molecule has 3 rings (SSSR count). The largest absolute Gasteiger partial charge is 0.462 e. The summed E-state index contributed by atoms with van der Waals surface area (Å²) in [4.78, 5) is 12.6. The number of benzene rings is 1. The zero-order valence-electron chi connectivity index (χ0n) is 17.2. The molecule has 1 heterocycles. The van der Waals surface area contributed by atoms with Gasteiger partial charge in [0.15, 0.2) is 0 Å². The standard InChI is InChI=1S/C21H28O4/c1-14(2)18-10-9-15(3)11-19(18)25-20(22)12-17-13-23-21(24-17)16-7-5-4-6-8-16/h4-8,12,14-15,18-19,21H,9-11,13H2,1-3H3/b17-12-/t15-,18+,19-,21?/m1/s1/i12D,21D. The molecule has 136 valence electrons. The molecule has 2 aliphatic rings. The van der Waals surface area contributed by atoms with Gasteiger partial charge in [0.25, 0.3) is 0 Å². The highest BCUT2D eigenvalue weighted by Gasteiger charge is 2.33. The Morgan fingerprint density at radius 1 is 1.36 bits per heavy atom. The summed E-state index contributed by atoms with van der Waals surface area (Å²) in [6.45, 7) is 6.36. The lowest BCUT2D eigenvalue weighted by atomic mass is 9.75. The molecule has 0 radical (unpaired) electrons. The van der Waals surface area contributed by atoms with Gasteiger partial charge >= 0.3 is 5.97 Å². The van der Waals surface area contributed by atoms with Crippen molar-refractivity contribution in [3.63, 3.8) is 0 Å². The van der Waals surface area contributed by atoms with Crippen molar-refractivity contribution in [3.8, 4) is 0 Å². The van der Waals surface area contributed by atoms with Gasteiger partial charge in [0.1, 0.15) is 19.8 Å². The van der Waals surface area contributed by atoms with E-state index in [4.69, 9.17) is 17.0 Å². The SMILES string of the molecule is [2H]/C(C(=O)O[C@@H]1C[C@H](C)CC[C@H]1C(C)C)=C1\COC([2H])(c2ccccc2)O1. The van der Waals surface area contributed by atoms with Crippen LogP contribution >= 0.6 is 0 Å². The van der Waals surface area contributed by atoms with Gasteiger partial charge in [-0.15, -0.1) is 0 Å². The minimum atomic E-state index is -1.73. The molecule has 1 aromatic rings. The Labute approximate surface area is 153 Å².